The van der Waals surface area contributed by atoms with Crippen molar-refractivity contribution in [2.24, 2.45) is 0 Å². The highest BCUT2D eigenvalue weighted by atomic mass is 16.2. The van der Waals surface area contributed by atoms with Gasteiger partial charge in [-0.05, 0) is 24.3 Å². The Balaban J connectivity index is 1.65. The molecule has 0 saturated carbocycles. The number of hydrogen-bond donors (Lipinski definition) is 1. The molecule has 0 aliphatic carbocycles. The maximum Gasteiger partial charge on any atom is 0.258 e. The van der Waals surface area contributed by atoms with E-state index in [1.54, 1.807) is 36.3 Å². The zero-order valence-corrected chi connectivity index (χ0v) is 13.4. The summed E-state index contributed by atoms with van der Waals surface area (Å²) < 4.78 is 0. The highest BCUT2D eigenvalue weighted by molar-refractivity contribution is 5.78. The molecule has 0 spiro atoms. The number of carbonyl (C=O) groups excluding carboxylic acids is 1. The van der Waals surface area contributed by atoms with Crippen LogP contribution in [0.5, 0.6) is 0 Å². The molecule has 0 bridgehead atoms. The number of aryl methyl sites for hydroxylation is 1. The fourth-order valence-corrected chi connectivity index (χ4v) is 2.49. The van der Waals surface area contributed by atoms with E-state index < -0.39 is 0 Å². The quantitative estimate of drug-likeness (QED) is 0.778. The standard InChI is InChI=1S/C18H18N4O2/c1-22(12-13-6-4-5-11-19-13)17(23)10-9-16-20-15-8-3-2-7-14(15)18(24)21-16/h2-8,11H,9-10,12H2,1H3,(H,20,21,24). The van der Waals surface area contributed by atoms with Crippen LogP contribution in [0.1, 0.15) is 17.9 Å². The van der Waals surface area contributed by atoms with Crippen LogP contribution in [-0.2, 0) is 17.8 Å². The van der Waals surface area contributed by atoms with E-state index in [4.69, 9.17) is 0 Å². The summed E-state index contributed by atoms with van der Waals surface area (Å²) in [5, 5.41) is 0.555. The average Bonchev–Trinajstić information content (AvgIpc) is 2.60. The van der Waals surface area contributed by atoms with Crippen molar-refractivity contribution in [3.63, 3.8) is 0 Å². The van der Waals surface area contributed by atoms with E-state index in [1.165, 1.54) is 0 Å². The number of para-hydroxylation sites is 1. The lowest BCUT2D eigenvalue weighted by molar-refractivity contribution is -0.130. The molecule has 1 N–H and O–H groups in total. The van der Waals surface area contributed by atoms with Crippen LogP contribution < -0.4 is 5.56 Å². The van der Waals surface area contributed by atoms with E-state index in [1.807, 2.05) is 24.3 Å². The van der Waals surface area contributed by atoms with Gasteiger partial charge in [-0.2, -0.15) is 0 Å². The number of nitrogens with one attached hydrogen (secondary N) is 1. The first kappa shape index (κ1) is 15.9. The van der Waals surface area contributed by atoms with Crippen molar-refractivity contribution in [3.8, 4) is 0 Å². The Morgan fingerprint density at radius 1 is 1.17 bits per heavy atom. The molecule has 0 saturated heterocycles. The van der Waals surface area contributed by atoms with Gasteiger partial charge in [-0.3, -0.25) is 14.6 Å². The Labute approximate surface area is 139 Å². The van der Waals surface area contributed by atoms with E-state index in [9.17, 15) is 9.59 Å². The van der Waals surface area contributed by atoms with Gasteiger partial charge < -0.3 is 9.88 Å². The minimum Gasteiger partial charge on any atom is -0.340 e. The molecule has 24 heavy (non-hydrogen) atoms. The van der Waals surface area contributed by atoms with E-state index in [2.05, 4.69) is 15.0 Å². The molecule has 0 unspecified atom stereocenters. The first-order valence-electron chi connectivity index (χ1n) is 7.75. The van der Waals surface area contributed by atoms with Gasteiger partial charge in [-0.25, -0.2) is 4.98 Å². The van der Waals surface area contributed by atoms with Crippen LogP contribution in [0.25, 0.3) is 10.9 Å². The number of nitrogens with zero attached hydrogens (tertiary/aromatic N) is 3. The van der Waals surface area contributed by atoms with E-state index in [0.717, 1.165) is 5.69 Å². The number of rotatable bonds is 5. The van der Waals surface area contributed by atoms with E-state index in [0.29, 0.717) is 29.7 Å². The van der Waals surface area contributed by atoms with Crippen molar-refractivity contribution in [2.75, 3.05) is 7.05 Å². The summed E-state index contributed by atoms with van der Waals surface area (Å²) in [6.07, 6.45) is 2.38. The molecular weight excluding hydrogens is 304 g/mol. The number of hydrogen-bond acceptors (Lipinski definition) is 4. The minimum absolute atomic E-state index is 0.0172. The maximum absolute atomic E-state index is 12.2. The van der Waals surface area contributed by atoms with Crippen LogP contribution in [0.15, 0.2) is 53.5 Å². The predicted octanol–water partition coefficient (Wildman–Crippen LogP) is 1.91. The number of pyridine rings is 1. The molecule has 1 aromatic carbocycles. The summed E-state index contributed by atoms with van der Waals surface area (Å²) in [4.78, 5) is 37.3. The predicted molar refractivity (Wildman–Crippen MR) is 91.4 cm³/mol. The number of aromatic nitrogens is 3. The van der Waals surface area contributed by atoms with Crippen molar-refractivity contribution < 1.29 is 4.79 Å². The van der Waals surface area contributed by atoms with Crippen LogP contribution in [0.4, 0.5) is 0 Å². The zero-order chi connectivity index (χ0) is 16.9. The van der Waals surface area contributed by atoms with Crippen molar-refractivity contribution in [2.45, 2.75) is 19.4 Å². The van der Waals surface area contributed by atoms with Gasteiger partial charge in [0.2, 0.25) is 5.91 Å². The summed E-state index contributed by atoms with van der Waals surface area (Å²) in [5.41, 5.74) is 1.31. The smallest absolute Gasteiger partial charge is 0.258 e. The molecule has 6 heteroatoms. The summed E-state index contributed by atoms with van der Waals surface area (Å²) >= 11 is 0. The summed E-state index contributed by atoms with van der Waals surface area (Å²) in [7, 11) is 1.74. The van der Waals surface area contributed by atoms with Crippen molar-refractivity contribution in [3.05, 3.63) is 70.5 Å². The lowest BCUT2D eigenvalue weighted by Gasteiger charge is -2.16. The van der Waals surface area contributed by atoms with Gasteiger partial charge in [0.25, 0.3) is 5.56 Å². The molecule has 6 nitrogen and oxygen atoms in total. The van der Waals surface area contributed by atoms with Crippen molar-refractivity contribution >= 4 is 16.8 Å². The van der Waals surface area contributed by atoms with Gasteiger partial charge in [0, 0.05) is 26.1 Å². The molecule has 122 valence electrons. The Bertz CT molecular complexity index is 906. The molecule has 3 aromatic rings. The Kier molecular flexibility index (Phi) is 4.65. The number of aromatic amines is 1. The molecule has 0 atom stereocenters. The highest BCUT2D eigenvalue weighted by Gasteiger charge is 2.11. The largest absolute Gasteiger partial charge is 0.340 e. The summed E-state index contributed by atoms with van der Waals surface area (Å²) in [5.74, 6) is 0.509. The fraction of sp³-hybridized carbons (Fsp3) is 0.222. The number of carbonyl (C=O) groups is 1. The lowest BCUT2D eigenvalue weighted by Crippen LogP contribution is -2.27. The number of amides is 1. The number of benzene rings is 1. The third kappa shape index (κ3) is 3.65. The van der Waals surface area contributed by atoms with E-state index in [-0.39, 0.29) is 17.9 Å². The molecule has 0 aliphatic rings. The highest BCUT2D eigenvalue weighted by Crippen LogP contribution is 2.08. The molecule has 0 radical (unpaired) electrons. The Morgan fingerprint density at radius 2 is 1.96 bits per heavy atom. The molecule has 0 aliphatic heterocycles. The molecular formula is C18H18N4O2. The van der Waals surface area contributed by atoms with Crippen molar-refractivity contribution in [1.82, 2.24) is 19.9 Å². The second-order valence-corrected chi connectivity index (χ2v) is 5.60. The van der Waals surface area contributed by atoms with Crippen LogP contribution in [0, 0.1) is 0 Å². The van der Waals surface area contributed by atoms with Gasteiger partial charge in [0.1, 0.15) is 5.82 Å². The lowest BCUT2D eigenvalue weighted by atomic mass is 10.2. The first-order chi connectivity index (χ1) is 11.6. The van der Waals surface area contributed by atoms with Gasteiger partial charge in [-0.15, -0.1) is 0 Å². The summed E-state index contributed by atoms with van der Waals surface area (Å²) in [6, 6.07) is 12.8. The normalized spacial score (nSPS) is 10.7. The topological polar surface area (TPSA) is 79.0 Å². The fourth-order valence-electron chi connectivity index (χ4n) is 2.49. The van der Waals surface area contributed by atoms with Crippen LogP contribution >= 0.6 is 0 Å². The third-order valence-corrected chi connectivity index (χ3v) is 3.79. The minimum atomic E-state index is -0.176. The van der Waals surface area contributed by atoms with Gasteiger partial charge >= 0.3 is 0 Å². The average molecular weight is 322 g/mol. The molecule has 1 amide bonds. The van der Waals surface area contributed by atoms with Crippen LogP contribution in [-0.4, -0.2) is 32.8 Å². The monoisotopic (exact) mass is 322 g/mol. The van der Waals surface area contributed by atoms with E-state index >= 15 is 0 Å². The zero-order valence-electron chi connectivity index (χ0n) is 13.4. The molecule has 0 fully saturated rings. The molecule has 3 rings (SSSR count). The second-order valence-electron chi connectivity index (χ2n) is 5.60. The van der Waals surface area contributed by atoms with Gasteiger partial charge in [0.05, 0.1) is 23.1 Å². The summed E-state index contributed by atoms with van der Waals surface area (Å²) in [6.45, 7) is 0.460. The Morgan fingerprint density at radius 3 is 2.75 bits per heavy atom. The van der Waals surface area contributed by atoms with Gasteiger partial charge in [-0.1, -0.05) is 18.2 Å². The molecule has 2 aromatic heterocycles. The van der Waals surface area contributed by atoms with Gasteiger partial charge in [0.15, 0.2) is 0 Å². The van der Waals surface area contributed by atoms with Crippen molar-refractivity contribution in [1.29, 1.82) is 0 Å². The first-order valence-corrected chi connectivity index (χ1v) is 7.75. The maximum atomic E-state index is 12.2. The second kappa shape index (κ2) is 7.04. The number of fused-ring (bicyclic) bond motifs is 1. The Hall–Kier alpha value is -3.02. The van der Waals surface area contributed by atoms with Crippen LogP contribution in [0.3, 0.4) is 0 Å². The number of H-pyrrole nitrogens is 1. The van der Waals surface area contributed by atoms with Crippen LogP contribution in [0.2, 0.25) is 0 Å². The third-order valence-electron chi connectivity index (χ3n) is 3.79. The SMILES string of the molecule is CN(Cc1ccccn1)C(=O)CCc1nc2ccccc2c(=O)[nH]1. The molecule has 2 heterocycles.